The highest BCUT2D eigenvalue weighted by molar-refractivity contribution is 6.23. The van der Waals surface area contributed by atoms with E-state index in [0.29, 0.717) is 24.2 Å². The van der Waals surface area contributed by atoms with E-state index in [9.17, 15) is 19.2 Å². The van der Waals surface area contributed by atoms with E-state index in [1.165, 1.54) is 19.2 Å². The molecule has 1 N–H and O–H groups in total. The molecule has 198 valence electrons. The molecule has 1 atom stereocenters. The van der Waals surface area contributed by atoms with Crippen LogP contribution in [0.5, 0.6) is 0 Å². The number of methoxy groups -OCH3 is 1. The Balaban J connectivity index is 1.43. The van der Waals surface area contributed by atoms with Gasteiger partial charge in [-0.1, -0.05) is 45.9 Å². The normalized spacial score (nSPS) is 20.1. The minimum Gasteiger partial charge on any atom is -0.465 e. The smallest absolute Gasteiger partial charge is 0.337 e. The maximum Gasteiger partial charge on any atom is 0.337 e. The number of anilines is 1. The molecule has 0 radical (unpaired) electrons. The Morgan fingerprint density at radius 1 is 1.03 bits per heavy atom. The number of carbonyl (C=O) groups excluding carboxylic acids is 4. The maximum absolute atomic E-state index is 14.0. The zero-order chi connectivity index (χ0) is 27.4. The highest BCUT2D eigenvalue weighted by atomic mass is 16.5. The summed E-state index contributed by atoms with van der Waals surface area (Å²) in [4.78, 5) is 58.6. The van der Waals surface area contributed by atoms with Crippen molar-refractivity contribution in [2.45, 2.75) is 46.6 Å². The van der Waals surface area contributed by atoms with Crippen LogP contribution in [0.4, 0.5) is 5.69 Å². The summed E-state index contributed by atoms with van der Waals surface area (Å²) in [5.41, 5.74) is 2.33. The van der Waals surface area contributed by atoms with Crippen molar-refractivity contribution < 1.29 is 23.9 Å². The number of H-pyrrole nitrogens is 1. The molecule has 1 aliphatic heterocycles. The van der Waals surface area contributed by atoms with Gasteiger partial charge in [-0.2, -0.15) is 0 Å². The van der Waals surface area contributed by atoms with E-state index < -0.39 is 17.9 Å². The Bertz CT molecular complexity index is 1420. The van der Waals surface area contributed by atoms with E-state index in [-0.39, 0.29) is 35.0 Å². The molecule has 5 rings (SSSR count). The highest BCUT2D eigenvalue weighted by Crippen LogP contribution is 2.69. The van der Waals surface area contributed by atoms with Crippen molar-refractivity contribution in [1.82, 2.24) is 9.88 Å². The number of aromatic nitrogens is 1. The van der Waals surface area contributed by atoms with Crippen LogP contribution in [-0.2, 0) is 25.5 Å². The molecule has 1 saturated carbocycles. The van der Waals surface area contributed by atoms with Crippen LogP contribution in [0.3, 0.4) is 0 Å². The molecule has 1 saturated heterocycles. The molecule has 1 aliphatic carbocycles. The van der Waals surface area contributed by atoms with Crippen LogP contribution in [0, 0.1) is 16.7 Å². The third-order valence-corrected chi connectivity index (χ3v) is 8.89. The van der Waals surface area contributed by atoms with E-state index in [4.69, 9.17) is 4.74 Å². The number of carbonyl (C=O) groups is 4. The number of nitrogens with one attached hydrogen (secondary N) is 1. The van der Waals surface area contributed by atoms with Gasteiger partial charge in [0.25, 0.3) is 5.91 Å². The predicted octanol–water partition coefficient (Wildman–Crippen LogP) is 4.34. The zero-order valence-electron chi connectivity index (χ0n) is 22.4. The summed E-state index contributed by atoms with van der Waals surface area (Å²) in [5.74, 6) is -1.63. The number of imide groups is 1. The molecule has 2 heterocycles. The number of para-hydroxylation sites is 1. The van der Waals surface area contributed by atoms with Crippen molar-refractivity contribution in [3.8, 4) is 0 Å². The first-order chi connectivity index (χ1) is 18.0. The van der Waals surface area contributed by atoms with Gasteiger partial charge in [0, 0.05) is 29.6 Å². The average Bonchev–Trinajstić information content (AvgIpc) is 3.21. The number of benzene rings is 2. The summed E-state index contributed by atoms with van der Waals surface area (Å²) in [6, 6.07) is 13.2. The molecule has 38 heavy (non-hydrogen) atoms. The molecule has 0 spiro atoms. The quantitative estimate of drug-likeness (QED) is 0.373. The van der Waals surface area contributed by atoms with Crippen LogP contribution >= 0.6 is 0 Å². The van der Waals surface area contributed by atoms with Crippen molar-refractivity contribution in [3.63, 3.8) is 0 Å². The molecule has 1 aromatic heterocycles. The Morgan fingerprint density at radius 2 is 1.68 bits per heavy atom. The minimum atomic E-state index is -0.882. The van der Waals surface area contributed by atoms with Gasteiger partial charge in [0.2, 0.25) is 11.8 Å². The number of aromatic amines is 1. The lowest BCUT2D eigenvalue weighted by Gasteiger charge is -2.29. The first-order valence-corrected chi connectivity index (χ1v) is 12.9. The van der Waals surface area contributed by atoms with Crippen LogP contribution in [0.2, 0.25) is 0 Å². The number of hydrogen-bond donors (Lipinski definition) is 1. The van der Waals surface area contributed by atoms with Gasteiger partial charge in [0.1, 0.15) is 6.04 Å². The Labute approximate surface area is 221 Å². The first-order valence-electron chi connectivity index (χ1n) is 12.9. The first kappa shape index (κ1) is 25.7. The minimum absolute atomic E-state index is 0.0786. The van der Waals surface area contributed by atoms with Crippen LogP contribution in [0.15, 0.2) is 54.7 Å². The molecule has 8 heteroatoms. The van der Waals surface area contributed by atoms with Crippen molar-refractivity contribution in [2.24, 2.45) is 16.7 Å². The molecule has 3 aromatic rings. The van der Waals surface area contributed by atoms with Gasteiger partial charge in [-0.15, -0.1) is 0 Å². The van der Waals surface area contributed by atoms with E-state index in [1.54, 1.807) is 17.0 Å². The number of fused-ring (bicyclic) bond motifs is 1. The molecule has 3 amide bonds. The standard InChI is InChI=1S/C30H33N3O5/c1-29(2)25(30(29,3)4)27(36)32(15-14-19-17-31-22-9-7-6-8-21(19)22)23-16-24(34)33(26(23)35)20-12-10-18(11-13-20)28(37)38-5/h6-13,17,23,25,31H,14-16H2,1-5H3. The van der Waals surface area contributed by atoms with E-state index in [1.807, 2.05) is 30.5 Å². The molecular weight excluding hydrogens is 482 g/mol. The fourth-order valence-electron chi connectivity index (χ4n) is 5.97. The monoisotopic (exact) mass is 515 g/mol. The maximum atomic E-state index is 14.0. The van der Waals surface area contributed by atoms with E-state index in [0.717, 1.165) is 21.4 Å². The van der Waals surface area contributed by atoms with Gasteiger partial charge in [0.15, 0.2) is 0 Å². The summed E-state index contributed by atoms with van der Waals surface area (Å²) >= 11 is 0. The third kappa shape index (κ3) is 3.99. The van der Waals surface area contributed by atoms with Crippen molar-refractivity contribution in [3.05, 3.63) is 65.9 Å². The second kappa shape index (κ2) is 9.11. The summed E-state index contributed by atoms with van der Waals surface area (Å²) in [5, 5.41) is 1.08. The number of amides is 3. The molecule has 8 nitrogen and oxygen atoms in total. The summed E-state index contributed by atoms with van der Waals surface area (Å²) in [6.45, 7) is 8.62. The fraction of sp³-hybridized carbons (Fsp3) is 0.400. The van der Waals surface area contributed by atoms with Crippen molar-refractivity contribution in [2.75, 3.05) is 18.6 Å². The molecule has 1 unspecified atom stereocenters. The van der Waals surface area contributed by atoms with E-state index >= 15 is 0 Å². The number of nitrogens with zero attached hydrogens (tertiary/aromatic N) is 2. The van der Waals surface area contributed by atoms with Gasteiger partial charge in [0.05, 0.1) is 24.8 Å². The van der Waals surface area contributed by atoms with Crippen molar-refractivity contribution in [1.29, 1.82) is 0 Å². The molecule has 2 aromatic carbocycles. The van der Waals surface area contributed by atoms with Gasteiger partial charge in [-0.3, -0.25) is 14.4 Å². The average molecular weight is 516 g/mol. The summed E-state index contributed by atoms with van der Waals surface area (Å²) < 4.78 is 4.73. The third-order valence-electron chi connectivity index (χ3n) is 8.89. The number of hydrogen-bond acceptors (Lipinski definition) is 5. The van der Waals surface area contributed by atoms with Crippen LogP contribution in [0.25, 0.3) is 10.9 Å². The Kier molecular flexibility index (Phi) is 6.16. The van der Waals surface area contributed by atoms with Crippen LogP contribution in [0.1, 0.15) is 50.0 Å². The lowest BCUT2D eigenvalue weighted by atomic mass is 10.0. The van der Waals surface area contributed by atoms with Crippen LogP contribution < -0.4 is 4.90 Å². The second-order valence-electron chi connectivity index (χ2n) is 11.3. The Morgan fingerprint density at radius 3 is 2.32 bits per heavy atom. The predicted molar refractivity (Wildman–Crippen MR) is 143 cm³/mol. The molecule has 2 aliphatic rings. The lowest BCUT2D eigenvalue weighted by molar-refractivity contribution is -0.140. The largest absolute Gasteiger partial charge is 0.465 e. The topological polar surface area (TPSA) is 99.8 Å². The van der Waals surface area contributed by atoms with Crippen LogP contribution in [-0.4, -0.2) is 53.3 Å². The Hall–Kier alpha value is -3.94. The molecular formula is C30H33N3O5. The zero-order valence-corrected chi connectivity index (χ0v) is 22.4. The van der Waals surface area contributed by atoms with Gasteiger partial charge >= 0.3 is 5.97 Å². The lowest BCUT2D eigenvalue weighted by Crippen LogP contribution is -2.47. The SMILES string of the molecule is COC(=O)c1ccc(N2C(=O)CC(N(CCc3c[nH]c4ccccc34)C(=O)C3C(C)(C)C3(C)C)C2=O)cc1. The fourth-order valence-corrected chi connectivity index (χ4v) is 5.97. The van der Waals surface area contributed by atoms with E-state index in [2.05, 4.69) is 32.7 Å². The van der Waals surface area contributed by atoms with Gasteiger partial charge in [-0.25, -0.2) is 9.69 Å². The number of esters is 1. The summed E-state index contributed by atoms with van der Waals surface area (Å²) in [6.07, 6.45) is 2.41. The highest BCUT2D eigenvalue weighted by Gasteiger charge is 2.69. The second-order valence-corrected chi connectivity index (χ2v) is 11.3. The summed E-state index contributed by atoms with van der Waals surface area (Å²) in [7, 11) is 1.29. The molecule has 2 fully saturated rings. The number of rotatable bonds is 7. The van der Waals surface area contributed by atoms with Gasteiger partial charge < -0.3 is 14.6 Å². The van der Waals surface area contributed by atoms with Gasteiger partial charge in [-0.05, 0) is 53.1 Å². The number of ether oxygens (including phenoxy) is 1. The molecule has 0 bridgehead atoms. The van der Waals surface area contributed by atoms with Crippen molar-refractivity contribution >= 4 is 40.3 Å².